The Labute approximate surface area is 208 Å². The van der Waals surface area contributed by atoms with E-state index in [1.165, 1.54) is 0 Å². The molecule has 10 heteroatoms. The van der Waals surface area contributed by atoms with Gasteiger partial charge in [0.05, 0.1) is 29.9 Å². The minimum atomic E-state index is -1.11. The molecule has 0 atom stereocenters. The first-order valence-corrected chi connectivity index (χ1v) is 16.3. The Balaban J connectivity index is 1.32. The predicted octanol–water partition coefficient (Wildman–Crippen LogP) is 3.28. The Hall–Kier alpha value is -2.58. The van der Waals surface area contributed by atoms with E-state index in [1.54, 1.807) is 6.33 Å². The summed E-state index contributed by atoms with van der Waals surface area (Å²) in [5, 5.41) is 18.7. The molecule has 5 rings (SSSR count). The van der Waals surface area contributed by atoms with Crippen LogP contribution >= 0.6 is 0 Å². The van der Waals surface area contributed by atoms with Gasteiger partial charge in [-0.05, 0) is 25.0 Å². The Morgan fingerprint density at radius 3 is 2.77 bits per heavy atom. The van der Waals surface area contributed by atoms with Crippen molar-refractivity contribution in [1.82, 2.24) is 34.5 Å². The standard InChI is InChI=1S/C25H36N8OSi/c1-35(2,3)13-12-34-19-32-9-4-22-23(28-18-29-24(22)32)20-16-30-33(17-20)25(5-6-26)14-21(15-25)31-10-7-27-8-11-31/h4,9,16-18,21,27H,5,7-8,10-15,19H2,1-3H3/t21-,25-. The number of fused-ring (bicyclic) bond motifs is 1. The van der Waals surface area contributed by atoms with Crippen LogP contribution in [0.15, 0.2) is 31.0 Å². The molecule has 9 nitrogen and oxygen atoms in total. The fourth-order valence-electron chi connectivity index (χ4n) is 5.27. The van der Waals surface area contributed by atoms with Crippen LogP contribution in [0.25, 0.3) is 22.3 Å². The zero-order chi connectivity index (χ0) is 24.5. The zero-order valence-electron chi connectivity index (χ0n) is 21.1. The zero-order valence-corrected chi connectivity index (χ0v) is 22.1. The van der Waals surface area contributed by atoms with Crippen LogP contribution in [0.1, 0.15) is 19.3 Å². The molecule has 0 spiro atoms. The second-order valence-electron chi connectivity index (χ2n) is 11.2. The SMILES string of the molecule is C[Si](C)(C)CCOCn1ccc2c(-c3cnn([C@]4(CC#N)C[C@@H](N5CCNCC5)C4)c3)ncnc21. The third kappa shape index (κ3) is 5.04. The number of nitriles is 1. The molecule has 0 radical (unpaired) electrons. The van der Waals surface area contributed by atoms with Crippen molar-refractivity contribution in [2.24, 2.45) is 0 Å². The third-order valence-electron chi connectivity index (χ3n) is 7.43. The summed E-state index contributed by atoms with van der Waals surface area (Å²) >= 11 is 0. The summed E-state index contributed by atoms with van der Waals surface area (Å²) in [5.74, 6) is 0. The number of aromatic nitrogens is 5. The maximum Gasteiger partial charge on any atom is 0.145 e. The van der Waals surface area contributed by atoms with Crippen molar-refractivity contribution in [3.63, 3.8) is 0 Å². The second kappa shape index (κ2) is 9.82. The molecule has 1 saturated heterocycles. The summed E-state index contributed by atoms with van der Waals surface area (Å²) in [7, 11) is -1.11. The molecule has 0 aromatic carbocycles. The summed E-state index contributed by atoms with van der Waals surface area (Å²) in [6.45, 7) is 12.6. The van der Waals surface area contributed by atoms with Crippen LogP contribution < -0.4 is 5.32 Å². The Kier molecular flexibility index (Phi) is 6.77. The van der Waals surface area contributed by atoms with Crippen molar-refractivity contribution in [3.8, 4) is 17.3 Å². The summed E-state index contributed by atoms with van der Waals surface area (Å²) in [5.41, 5.74) is 2.46. The molecule has 0 unspecified atom stereocenters. The van der Waals surface area contributed by atoms with Crippen LogP contribution in [-0.2, 0) is 17.0 Å². The molecule has 2 fully saturated rings. The lowest BCUT2D eigenvalue weighted by molar-refractivity contribution is -0.00108. The van der Waals surface area contributed by atoms with Gasteiger partial charge in [-0.2, -0.15) is 10.4 Å². The lowest BCUT2D eigenvalue weighted by Crippen LogP contribution is -2.59. The van der Waals surface area contributed by atoms with Crippen LogP contribution in [-0.4, -0.2) is 76.1 Å². The van der Waals surface area contributed by atoms with Gasteiger partial charge >= 0.3 is 0 Å². The summed E-state index contributed by atoms with van der Waals surface area (Å²) < 4.78 is 10.0. The average Bonchev–Trinajstić information content (AvgIpc) is 3.47. The minimum absolute atomic E-state index is 0.231. The van der Waals surface area contributed by atoms with Crippen molar-refractivity contribution in [1.29, 1.82) is 5.26 Å². The highest BCUT2D eigenvalue weighted by molar-refractivity contribution is 6.76. The molecule has 1 aliphatic heterocycles. The quantitative estimate of drug-likeness (QED) is 0.362. The fourth-order valence-corrected chi connectivity index (χ4v) is 6.02. The molecule has 0 bridgehead atoms. The van der Waals surface area contributed by atoms with E-state index in [4.69, 9.17) is 9.84 Å². The smallest absolute Gasteiger partial charge is 0.145 e. The highest BCUT2D eigenvalue weighted by atomic mass is 28.3. The molecule has 2 aliphatic rings. The third-order valence-corrected chi connectivity index (χ3v) is 9.14. The Morgan fingerprint density at radius 1 is 1.23 bits per heavy atom. The van der Waals surface area contributed by atoms with Crippen LogP contribution in [0.2, 0.25) is 25.7 Å². The van der Waals surface area contributed by atoms with Crippen molar-refractivity contribution in [2.75, 3.05) is 32.8 Å². The normalized spacial score (nSPS) is 23.3. The van der Waals surface area contributed by atoms with E-state index in [0.717, 1.165) is 74.0 Å². The van der Waals surface area contributed by atoms with Crippen LogP contribution in [0.3, 0.4) is 0 Å². The van der Waals surface area contributed by atoms with Gasteiger partial charge in [-0.1, -0.05) is 19.6 Å². The van der Waals surface area contributed by atoms with Crippen molar-refractivity contribution < 1.29 is 4.74 Å². The van der Waals surface area contributed by atoms with E-state index in [9.17, 15) is 5.26 Å². The summed E-state index contributed by atoms with van der Waals surface area (Å²) in [4.78, 5) is 11.7. The number of hydrogen-bond acceptors (Lipinski definition) is 7. The van der Waals surface area contributed by atoms with Crippen molar-refractivity contribution in [3.05, 3.63) is 31.0 Å². The van der Waals surface area contributed by atoms with Gasteiger partial charge < -0.3 is 14.6 Å². The number of piperazine rings is 1. The van der Waals surface area contributed by atoms with Gasteiger partial charge in [-0.15, -0.1) is 0 Å². The van der Waals surface area contributed by atoms with Gasteiger partial charge in [-0.3, -0.25) is 9.58 Å². The van der Waals surface area contributed by atoms with Crippen molar-refractivity contribution >= 4 is 19.1 Å². The van der Waals surface area contributed by atoms with E-state index in [-0.39, 0.29) is 5.54 Å². The second-order valence-corrected chi connectivity index (χ2v) is 16.8. The van der Waals surface area contributed by atoms with E-state index in [2.05, 4.69) is 58.2 Å². The van der Waals surface area contributed by atoms with Gasteiger partial charge in [0.2, 0.25) is 0 Å². The van der Waals surface area contributed by atoms with Gasteiger partial charge in [0.1, 0.15) is 18.7 Å². The molecule has 1 saturated carbocycles. The first kappa shape index (κ1) is 24.1. The largest absolute Gasteiger partial charge is 0.361 e. The van der Waals surface area contributed by atoms with E-state index >= 15 is 0 Å². The average molecular weight is 493 g/mol. The number of hydrogen-bond donors (Lipinski definition) is 1. The van der Waals surface area contributed by atoms with Gasteiger partial charge in [-0.25, -0.2) is 9.97 Å². The first-order valence-electron chi connectivity index (χ1n) is 12.6. The highest BCUT2D eigenvalue weighted by Crippen LogP contribution is 2.45. The molecule has 186 valence electrons. The molecule has 1 aliphatic carbocycles. The number of nitrogens with zero attached hydrogens (tertiary/aromatic N) is 7. The van der Waals surface area contributed by atoms with E-state index in [0.29, 0.717) is 19.2 Å². The Bertz CT molecular complexity index is 1190. The van der Waals surface area contributed by atoms with Crippen molar-refractivity contribution in [2.45, 2.75) is 63.3 Å². The maximum atomic E-state index is 9.58. The molecular weight excluding hydrogens is 456 g/mol. The minimum Gasteiger partial charge on any atom is -0.361 e. The molecule has 3 aromatic heterocycles. The molecule has 1 N–H and O–H groups in total. The fraction of sp³-hybridized carbons (Fsp3) is 0.600. The number of nitrogens with one attached hydrogen (secondary N) is 1. The summed E-state index contributed by atoms with van der Waals surface area (Å²) in [6, 6.07) is 6.14. The van der Waals surface area contributed by atoms with E-state index < -0.39 is 8.07 Å². The van der Waals surface area contributed by atoms with E-state index in [1.807, 2.05) is 21.6 Å². The molecule has 4 heterocycles. The Morgan fingerprint density at radius 2 is 2.03 bits per heavy atom. The first-order chi connectivity index (χ1) is 16.9. The van der Waals surface area contributed by atoms with Gasteiger partial charge in [0, 0.05) is 70.2 Å². The molecule has 35 heavy (non-hydrogen) atoms. The summed E-state index contributed by atoms with van der Waals surface area (Å²) in [6.07, 6.45) is 9.97. The molecule has 3 aromatic rings. The lowest BCUT2D eigenvalue weighted by Gasteiger charge is -2.51. The topological polar surface area (TPSA) is 96.8 Å². The monoisotopic (exact) mass is 492 g/mol. The number of ether oxygens (including phenoxy) is 1. The van der Waals surface area contributed by atoms with Crippen LogP contribution in [0.5, 0.6) is 0 Å². The molecule has 0 amide bonds. The lowest BCUT2D eigenvalue weighted by atomic mass is 9.70. The van der Waals surface area contributed by atoms with Gasteiger partial charge in [0.15, 0.2) is 0 Å². The number of rotatable bonds is 9. The van der Waals surface area contributed by atoms with Gasteiger partial charge in [0.25, 0.3) is 0 Å². The molecular formula is C25H36N8OSi. The van der Waals surface area contributed by atoms with Crippen LogP contribution in [0.4, 0.5) is 0 Å². The van der Waals surface area contributed by atoms with Crippen LogP contribution in [0, 0.1) is 11.3 Å². The highest BCUT2D eigenvalue weighted by Gasteiger charge is 2.48. The predicted molar refractivity (Wildman–Crippen MR) is 139 cm³/mol. The maximum absolute atomic E-state index is 9.58.